The van der Waals surface area contributed by atoms with E-state index in [1.807, 2.05) is 0 Å². The summed E-state index contributed by atoms with van der Waals surface area (Å²) < 4.78 is 10.6. The van der Waals surface area contributed by atoms with Gasteiger partial charge < -0.3 is 20.1 Å². The number of carbonyl (C=O) groups is 1. The number of amides is 1. The first-order valence-corrected chi connectivity index (χ1v) is 6.91. The maximum Gasteiger partial charge on any atom is 0.233 e. The molecule has 0 aliphatic heterocycles. The van der Waals surface area contributed by atoms with Gasteiger partial charge in [-0.15, -0.1) is 12.4 Å². The molecule has 0 bridgehead atoms. The van der Waals surface area contributed by atoms with Crippen LogP contribution in [-0.2, 0) is 14.3 Å². The SMILES string of the molecule is COCCNCC(=O)NCCCOC1CCCC1.Cl. The van der Waals surface area contributed by atoms with E-state index in [2.05, 4.69) is 10.6 Å². The highest BCUT2D eigenvalue weighted by atomic mass is 35.5. The fraction of sp³-hybridized carbons (Fsp3) is 0.923. The third-order valence-corrected chi connectivity index (χ3v) is 3.07. The molecule has 0 aromatic rings. The molecule has 2 N–H and O–H groups in total. The maximum atomic E-state index is 11.4. The van der Waals surface area contributed by atoms with Crippen LogP contribution in [0.1, 0.15) is 32.1 Å². The van der Waals surface area contributed by atoms with E-state index in [9.17, 15) is 4.79 Å². The molecule has 0 unspecified atom stereocenters. The number of methoxy groups -OCH3 is 1. The summed E-state index contributed by atoms with van der Waals surface area (Å²) in [6.45, 7) is 3.13. The zero-order valence-electron chi connectivity index (χ0n) is 11.8. The molecule has 0 aromatic heterocycles. The molecule has 5 nitrogen and oxygen atoms in total. The van der Waals surface area contributed by atoms with E-state index in [1.54, 1.807) is 7.11 Å². The van der Waals surface area contributed by atoms with Gasteiger partial charge in [0.25, 0.3) is 0 Å². The predicted molar refractivity (Wildman–Crippen MR) is 77.8 cm³/mol. The molecule has 0 aromatic carbocycles. The average molecular weight is 295 g/mol. The van der Waals surface area contributed by atoms with Crippen molar-refractivity contribution in [3.63, 3.8) is 0 Å². The highest BCUT2D eigenvalue weighted by Gasteiger charge is 2.14. The molecule has 1 fully saturated rings. The van der Waals surface area contributed by atoms with Gasteiger partial charge in [0, 0.05) is 26.8 Å². The van der Waals surface area contributed by atoms with Crippen molar-refractivity contribution in [3.8, 4) is 0 Å². The van der Waals surface area contributed by atoms with E-state index in [0.717, 1.165) is 13.0 Å². The minimum Gasteiger partial charge on any atom is -0.383 e. The van der Waals surface area contributed by atoms with Gasteiger partial charge in [-0.2, -0.15) is 0 Å². The minimum absolute atomic E-state index is 0. The molecule has 19 heavy (non-hydrogen) atoms. The van der Waals surface area contributed by atoms with Gasteiger partial charge in [0.05, 0.1) is 19.3 Å². The molecule has 6 heteroatoms. The lowest BCUT2D eigenvalue weighted by Crippen LogP contribution is -2.36. The summed E-state index contributed by atoms with van der Waals surface area (Å²) in [5, 5.41) is 5.87. The predicted octanol–water partition coefficient (Wildman–Crippen LogP) is 1.11. The monoisotopic (exact) mass is 294 g/mol. The Morgan fingerprint density at radius 2 is 1.95 bits per heavy atom. The second-order valence-corrected chi connectivity index (χ2v) is 4.65. The van der Waals surface area contributed by atoms with Gasteiger partial charge in [-0.3, -0.25) is 4.79 Å². The van der Waals surface area contributed by atoms with Crippen molar-refractivity contribution in [3.05, 3.63) is 0 Å². The van der Waals surface area contributed by atoms with Crippen LogP contribution in [0.2, 0.25) is 0 Å². The van der Waals surface area contributed by atoms with Gasteiger partial charge in [0.1, 0.15) is 0 Å². The van der Waals surface area contributed by atoms with Crippen LogP contribution in [0.25, 0.3) is 0 Å². The van der Waals surface area contributed by atoms with Crippen molar-refractivity contribution in [1.29, 1.82) is 0 Å². The topological polar surface area (TPSA) is 59.6 Å². The van der Waals surface area contributed by atoms with E-state index in [-0.39, 0.29) is 18.3 Å². The summed E-state index contributed by atoms with van der Waals surface area (Å²) in [6, 6.07) is 0. The molecule has 0 spiro atoms. The average Bonchev–Trinajstić information content (AvgIpc) is 2.87. The van der Waals surface area contributed by atoms with Gasteiger partial charge in [-0.25, -0.2) is 0 Å². The number of hydrogen-bond acceptors (Lipinski definition) is 4. The molecule has 1 aliphatic carbocycles. The smallest absolute Gasteiger partial charge is 0.233 e. The Balaban J connectivity index is 0.00000324. The van der Waals surface area contributed by atoms with E-state index in [4.69, 9.17) is 9.47 Å². The highest BCUT2D eigenvalue weighted by Crippen LogP contribution is 2.20. The lowest BCUT2D eigenvalue weighted by molar-refractivity contribution is -0.120. The Kier molecular flexibility index (Phi) is 12.4. The fourth-order valence-electron chi connectivity index (χ4n) is 2.04. The first kappa shape index (κ1) is 18.6. The molecule has 0 atom stereocenters. The highest BCUT2D eigenvalue weighted by molar-refractivity contribution is 5.85. The third kappa shape index (κ3) is 10.1. The molecule has 0 heterocycles. The van der Waals surface area contributed by atoms with Gasteiger partial charge in [-0.1, -0.05) is 12.8 Å². The molecular formula is C13H27ClN2O3. The van der Waals surface area contributed by atoms with Crippen LogP contribution in [0.5, 0.6) is 0 Å². The summed E-state index contributed by atoms with van der Waals surface area (Å²) >= 11 is 0. The van der Waals surface area contributed by atoms with Gasteiger partial charge in [0.15, 0.2) is 0 Å². The molecule has 1 amide bonds. The largest absolute Gasteiger partial charge is 0.383 e. The molecule has 1 aliphatic rings. The number of rotatable bonds is 10. The van der Waals surface area contributed by atoms with Crippen LogP contribution in [0.4, 0.5) is 0 Å². The Bertz CT molecular complexity index is 224. The molecular weight excluding hydrogens is 268 g/mol. The quantitative estimate of drug-likeness (QED) is 0.593. The molecule has 0 radical (unpaired) electrons. The molecule has 114 valence electrons. The summed E-state index contributed by atoms with van der Waals surface area (Å²) in [6.07, 6.45) is 6.37. The summed E-state index contributed by atoms with van der Waals surface area (Å²) in [4.78, 5) is 11.4. The van der Waals surface area contributed by atoms with Crippen molar-refractivity contribution < 1.29 is 14.3 Å². The fourth-order valence-corrected chi connectivity index (χ4v) is 2.04. The Morgan fingerprint density at radius 3 is 2.63 bits per heavy atom. The Labute approximate surface area is 122 Å². The van der Waals surface area contributed by atoms with Crippen LogP contribution >= 0.6 is 12.4 Å². The minimum atomic E-state index is 0. The lowest BCUT2D eigenvalue weighted by Gasteiger charge is -2.11. The molecule has 1 rings (SSSR count). The zero-order chi connectivity index (χ0) is 13.1. The maximum absolute atomic E-state index is 11.4. The standard InChI is InChI=1S/C13H26N2O3.ClH/c1-17-10-8-14-11-13(16)15-7-4-9-18-12-5-2-3-6-12;/h12,14H,2-11H2,1H3,(H,15,16);1H. The van der Waals surface area contributed by atoms with Crippen LogP contribution in [-0.4, -0.2) is 52.0 Å². The molecule has 1 saturated carbocycles. The Morgan fingerprint density at radius 1 is 1.21 bits per heavy atom. The van der Waals surface area contributed by atoms with Crippen LogP contribution < -0.4 is 10.6 Å². The number of ether oxygens (including phenoxy) is 2. The molecule has 0 saturated heterocycles. The first-order chi connectivity index (χ1) is 8.83. The van der Waals surface area contributed by atoms with Crippen LogP contribution in [0.15, 0.2) is 0 Å². The Hall–Kier alpha value is -0.360. The second kappa shape index (κ2) is 12.7. The van der Waals surface area contributed by atoms with Gasteiger partial charge in [0.2, 0.25) is 5.91 Å². The van der Waals surface area contributed by atoms with Gasteiger partial charge >= 0.3 is 0 Å². The van der Waals surface area contributed by atoms with Crippen molar-refractivity contribution in [2.75, 3.05) is 40.0 Å². The van der Waals surface area contributed by atoms with E-state index >= 15 is 0 Å². The summed E-state index contributed by atoms with van der Waals surface area (Å²) in [5.74, 6) is 0.0342. The normalized spacial score (nSPS) is 15.2. The number of nitrogens with one attached hydrogen (secondary N) is 2. The van der Waals surface area contributed by atoms with Crippen molar-refractivity contribution in [2.45, 2.75) is 38.2 Å². The van der Waals surface area contributed by atoms with E-state index in [1.165, 1.54) is 25.7 Å². The van der Waals surface area contributed by atoms with Crippen molar-refractivity contribution >= 4 is 18.3 Å². The van der Waals surface area contributed by atoms with Crippen molar-refractivity contribution in [2.24, 2.45) is 0 Å². The third-order valence-electron chi connectivity index (χ3n) is 3.07. The second-order valence-electron chi connectivity index (χ2n) is 4.65. The van der Waals surface area contributed by atoms with Crippen LogP contribution in [0.3, 0.4) is 0 Å². The zero-order valence-corrected chi connectivity index (χ0v) is 12.6. The lowest BCUT2D eigenvalue weighted by atomic mass is 10.3. The summed E-state index contributed by atoms with van der Waals surface area (Å²) in [7, 11) is 1.64. The van der Waals surface area contributed by atoms with E-state index in [0.29, 0.717) is 32.3 Å². The number of hydrogen-bond donors (Lipinski definition) is 2. The van der Waals surface area contributed by atoms with Crippen LogP contribution in [0, 0.1) is 0 Å². The number of halogens is 1. The van der Waals surface area contributed by atoms with Gasteiger partial charge in [-0.05, 0) is 19.3 Å². The van der Waals surface area contributed by atoms with Crippen molar-refractivity contribution in [1.82, 2.24) is 10.6 Å². The first-order valence-electron chi connectivity index (χ1n) is 6.91. The number of carbonyl (C=O) groups excluding carboxylic acids is 1. The summed E-state index contributed by atoms with van der Waals surface area (Å²) in [5.41, 5.74) is 0. The van der Waals surface area contributed by atoms with E-state index < -0.39 is 0 Å².